The molecule has 1 saturated carbocycles. The van der Waals surface area contributed by atoms with Gasteiger partial charge in [0.15, 0.2) is 0 Å². The van der Waals surface area contributed by atoms with Gasteiger partial charge in [-0.3, -0.25) is 9.42 Å². The molecule has 0 unspecified atom stereocenters. The monoisotopic (exact) mass is 278 g/mol. The Morgan fingerprint density at radius 1 is 1.53 bits per heavy atom. The molecule has 0 spiro atoms. The molecule has 1 aromatic heterocycles. The van der Waals surface area contributed by atoms with Crippen molar-refractivity contribution in [2.45, 2.75) is 38.3 Å². The van der Waals surface area contributed by atoms with Crippen molar-refractivity contribution in [1.29, 1.82) is 0 Å². The number of nitrogens with zero attached hydrogens (tertiary/aromatic N) is 2. The average Bonchev–Trinajstić information content (AvgIpc) is 2.70. The molecule has 0 radical (unpaired) electrons. The van der Waals surface area contributed by atoms with Crippen molar-refractivity contribution in [3.63, 3.8) is 0 Å². The summed E-state index contributed by atoms with van der Waals surface area (Å²) in [5.74, 6) is -0.490. The predicted octanol–water partition coefficient (Wildman–Crippen LogP) is 2.30. The minimum Gasteiger partial charge on any atom is -0.462 e. The summed E-state index contributed by atoms with van der Waals surface area (Å²) in [5.41, 5.74) is 0.294. The summed E-state index contributed by atoms with van der Waals surface area (Å²) < 4.78 is 46.0. The molecule has 19 heavy (non-hydrogen) atoms. The van der Waals surface area contributed by atoms with Gasteiger partial charge in [0.1, 0.15) is 0 Å². The highest BCUT2D eigenvalue weighted by Gasteiger charge is 2.41. The third-order valence-electron chi connectivity index (χ3n) is 2.86. The fourth-order valence-corrected chi connectivity index (χ4v) is 1.90. The molecule has 0 atom stereocenters. The van der Waals surface area contributed by atoms with E-state index in [1.807, 2.05) is 0 Å². The lowest BCUT2D eigenvalue weighted by Crippen LogP contribution is -2.37. The van der Waals surface area contributed by atoms with Crippen LogP contribution < -0.4 is 0 Å². The van der Waals surface area contributed by atoms with Crippen molar-refractivity contribution in [2.75, 3.05) is 6.61 Å². The largest absolute Gasteiger partial charge is 0.522 e. The van der Waals surface area contributed by atoms with Crippen LogP contribution in [0.5, 0.6) is 0 Å². The van der Waals surface area contributed by atoms with Crippen LogP contribution in [-0.4, -0.2) is 34.8 Å². The van der Waals surface area contributed by atoms with E-state index in [9.17, 15) is 18.0 Å². The first-order chi connectivity index (χ1) is 8.89. The zero-order valence-electron chi connectivity index (χ0n) is 10.2. The Morgan fingerprint density at radius 3 is 2.79 bits per heavy atom. The van der Waals surface area contributed by atoms with E-state index in [4.69, 9.17) is 4.74 Å². The van der Waals surface area contributed by atoms with Crippen molar-refractivity contribution in [3.8, 4) is 0 Å². The molecule has 0 aromatic carbocycles. The van der Waals surface area contributed by atoms with E-state index in [2.05, 4.69) is 9.84 Å². The van der Waals surface area contributed by atoms with Crippen LogP contribution >= 0.6 is 0 Å². The summed E-state index contributed by atoms with van der Waals surface area (Å²) in [7, 11) is 0. The number of halogens is 3. The minimum atomic E-state index is -4.60. The Morgan fingerprint density at radius 2 is 2.21 bits per heavy atom. The van der Waals surface area contributed by atoms with Crippen LogP contribution in [0.25, 0.3) is 0 Å². The molecule has 1 aliphatic carbocycles. The lowest BCUT2D eigenvalue weighted by molar-refractivity contribution is -0.353. The molecule has 0 amide bonds. The number of carbonyl (C=O) groups is 1. The van der Waals surface area contributed by atoms with Crippen LogP contribution in [0.2, 0.25) is 0 Å². The van der Waals surface area contributed by atoms with Gasteiger partial charge in [-0.15, -0.1) is 13.2 Å². The Balaban J connectivity index is 1.87. The minimum absolute atomic E-state index is 0.171. The molecule has 106 valence electrons. The third kappa shape index (κ3) is 3.46. The second kappa shape index (κ2) is 5.20. The zero-order chi connectivity index (χ0) is 14.0. The van der Waals surface area contributed by atoms with E-state index in [0.717, 1.165) is 0 Å². The molecular formula is C11H13F3N2O3. The van der Waals surface area contributed by atoms with Gasteiger partial charge in [0.2, 0.25) is 0 Å². The number of aromatic nitrogens is 2. The fourth-order valence-electron chi connectivity index (χ4n) is 1.90. The first kappa shape index (κ1) is 13.9. The molecule has 0 N–H and O–H groups in total. The molecule has 1 aromatic rings. The normalized spacial score (nSPS) is 22.9. The average molecular weight is 278 g/mol. The number of ether oxygens (including phenoxy) is 2. The first-order valence-electron chi connectivity index (χ1n) is 5.85. The van der Waals surface area contributed by atoms with Gasteiger partial charge >= 0.3 is 12.3 Å². The van der Waals surface area contributed by atoms with Gasteiger partial charge in [-0.2, -0.15) is 5.10 Å². The van der Waals surface area contributed by atoms with Crippen LogP contribution in [-0.2, 0) is 9.47 Å². The Labute approximate surface area is 107 Å². The molecule has 2 rings (SSSR count). The highest BCUT2D eigenvalue weighted by Crippen LogP contribution is 2.37. The van der Waals surface area contributed by atoms with Gasteiger partial charge in [-0.05, 0) is 19.8 Å². The van der Waals surface area contributed by atoms with E-state index in [0.29, 0.717) is 5.56 Å². The summed E-state index contributed by atoms with van der Waals surface area (Å²) in [6.07, 6.45) is -2.16. The molecule has 5 nitrogen and oxygen atoms in total. The molecule has 0 saturated heterocycles. The molecule has 8 heteroatoms. The highest BCUT2D eigenvalue weighted by molar-refractivity contribution is 5.88. The van der Waals surface area contributed by atoms with Crippen molar-refractivity contribution in [2.24, 2.45) is 0 Å². The van der Waals surface area contributed by atoms with Gasteiger partial charge < -0.3 is 4.74 Å². The van der Waals surface area contributed by atoms with Gasteiger partial charge in [-0.25, -0.2) is 4.79 Å². The van der Waals surface area contributed by atoms with Crippen LogP contribution in [0.3, 0.4) is 0 Å². The maximum atomic E-state index is 11.9. The standard InChI is InChI=1S/C11H13F3N2O3/c1-2-18-10(17)7-5-15-16(6-7)8-3-9(4-8)19-11(12,13)14/h5-6,8-9H,2-4H2,1H3. The van der Waals surface area contributed by atoms with Crippen LogP contribution in [0.1, 0.15) is 36.2 Å². The fraction of sp³-hybridized carbons (Fsp3) is 0.636. The first-order valence-corrected chi connectivity index (χ1v) is 5.85. The number of carbonyl (C=O) groups excluding carboxylic acids is 1. The van der Waals surface area contributed by atoms with Crippen molar-refractivity contribution in [1.82, 2.24) is 9.78 Å². The van der Waals surface area contributed by atoms with Crippen LogP contribution in [0.15, 0.2) is 12.4 Å². The Bertz CT molecular complexity index is 452. The highest BCUT2D eigenvalue weighted by atomic mass is 19.4. The summed E-state index contributed by atoms with van der Waals surface area (Å²) in [4.78, 5) is 11.4. The van der Waals surface area contributed by atoms with Crippen molar-refractivity contribution in [3.05, 3.63) is 18.0 Å². The van der Waals surface area contributed by atoms with Gasteiger partial charge in [0.05, 0.1) is 30.5 Å². The lowest BCUT2D eigenvalue weighted by Gasteiger charge is -2.35. The molecule has 1 heterocycles. The van der Waals surface area contributed by atoms with Crippen LogP contribution in [0.4, 0.5) is 13.2 Å². The Kier molecular flexibility index (Phi) is 3.79. The molecule has 0 bridgehead atoms. The number of hydrogen-bond donors (Lipinski definition) is 0. The van der Waals surface area contributed by atoms with E-state index in [-0.39, 0.29) is 25.5 Å². The number of esters is 1. The summed E-state index contributed by atoms with van der Waals surface area (Å²) >= 11 is 0. The Hall–Kier alpha value is -1.57. The smallest absolute Gasteiger partial charge is 0.462 e. The number of rotatable bonds is 4. The quantitative estimate of drug-likeness (QED) is 0.793. The summed E-state index contributed by atoms with van der Waals surface area (Å²) in [6.45, 7) is 1.95. The van der Waals surface area contributed by atoms with E-state index in [1.165, 1.54) is 17.1 Å². The lowest BCUT2D eigenvalue weighted by atomic mass is 9.89. The number of alkyl halides is 3. The van der Waals surface area contributed by atoms with Crippen molar-refractivity contribution >= 4 is 5.97 Å². The molecule has 0 aliphatic heterocycles. The SMILES string of the molecule is CCOC(=O)c1cnn(C2CC(OC(F)(F)F)C2)c1. The predicted molar refractivity (Wildman–Crippen MR) is 57.4 cm³/mol. The number of hydrogen-bond acceptors (Lipinski definition) is 4. The van der Waals surface area contributed by atoms with Gasteiger partial charge in [-0.1, -0.05) is 0 Å². The van der Waals surface area contributed by atoms with Crippen LogP contribution in [0, 0.1) is 0 Å². The zero-order valence-corrected chi connectivity index (χ0v) is 10.2. The maximum absolute atomic E-state index is 11.9. The van der Waals surface area contributed by atoms with Gasteiger partial charge in [0.25, 0.3) is 0 Å². The molecule has 1 aliphatic rings. The molecule has 1 fully saturated rings. The maximum Gasteiger partial charge on any atom is 0.522 e. The molecular weight excluding hydrogens is 265 g/mol. The van der Waals surface area contributed by atoms with Gasteiger partial charge in [0, 0.05) is 6.20 Å². The summed E-state index contributed by atoms with van der Waals surface area (Å²) in [6, 6.07) is -0.171. The van der Waals surface area contributed by atoms with E-state index < -0.39 is 18.4 Å². The third-order valence-corrected chi connectivity index (χ3v) is 2.86. The second-order valence-corrected chi connectivity index (χ2v) is 4.24. The van der Waals surface area contributed by atoms with Crippen molar-refractivity contribution < 1.29 is 27.4 Å². The second-order valence-electron chi connectivity index (χ2n) is 4.24. The summed E-state index contributed by atoms with van der Waals surface area (Å²) in [5, 5.41) is 3.95. The topological polar surface area (TPSA) is 53.3 Å². The van der Waals surface area contributed by atoms with E-state index in [1.54, 1.807) is 6.92 Å². The van der Waals surface area contributed by atoms with E-state index >= 15 is 0 Å².